The van der Waals surface area contributed by atoms with Crippen LogP contribution in [0.25, 0.3) is 0 Å². The molecule has 1 aromatic heterocycles. The van der Waals surface area contributed by atoms with Crippen LogP contribution in [0.5, 0.6) is 0 Å². The molecule has 0 saturated carbocycles. The molecule has 2 heterocycles. The van der Waals surface area contributed by atoms with Crippen LogP contribution >= 0.6 is 11.3 Å². The van der Waals surface area contributed by atoms with Crippen LogP contribution in [0.3, 0.4) is 0 Å². The molecule has 1 N–H and O–H groups in total. The Morgan fingerprint density at radius 2 is 2.00 bits per heavy atom. The van der Waals surface area contributed by atoms with Crippen LogP contribution in [-0.2, 0) is 9.53 Å². The van der Waals surface area contributed by atoms with Crippen molar-refractivity contribution in [1.82, 2.24) is 15.1 Å². The fourth-order valence-corrected chi connectivity index (χ4v) is 5.22. The summed E-state index contributed by atoms with van der Waals surface area (Å²) in [5.74, 6) is -0.528. The van der Waals surface area contributed by atoms with E-state index in [9.17, 15) is 9.59 Å². The number of carbonyl (C=O) groups excluding carboxylic acids is 2. The third-order valence-corrected chi connectivity index (χ3v) is 7.04. The molecule has 1 aliphatic rings. The van der Waals surface area contributed by atoms with Gasteiger partial charge in [-0.2, -0.15) is 0 Å². The van der Waals surface area contributed by atoms with Crippen LogP contribution in [0.2, 0.25) is 0 Å². The summed E-state index contributed by atoms with van der Waals surface area (Å²) in [6, 6.07) is 11.2. The van der Waals surface area contributed by atoms with E-state index in [0.717, 1.165) is 42.9 Å². The van der Waals surface area contributed by atoms with Gasteiger partial charge >= 0.3 is 0 Å². The molecule has 1 aromatic carbocycles. The third kappa shape index (κ3) is 5.57. The topological polar surface area (TPSA) is 61.9 Å². The average molecular weight is 458 g/mol. The zero-order chi connectivity index (χ0) is 22.9. The molecule has 2 amide bonds. The minimum atomic E-state index is -0.454. The van der Waals surface area contributed by atoms with Gasteiger partial charge in [0, 0.05) is 37.2 Å². The van der Waals surface area contributed by atoms with E-state index in [4.69, 9.17) is 4.74 Å². The lowest BCUT2D eigenvalue weighted by Gasteiger charge is -2.41. The van der Waals surface area contributed by atoms with E-state index >= 15 is 0 Å². The second kappa shape index (κ2) is 12.1. The Morgan fingerprint density at radius 3 is 2.69 bits per heavy atom. The van der Waals surface area contributed by atoms with Crippen molar-refractivity contribution in [3.8, 4) is 0 Å². The van der Waals surface area contributed by atoms with Gasteiger partial charge in [0.2, 0.25) is 5.91 Å². The molecule has 0 unspecified atom stereocenters. The summed E-state index contributed by atoms with van der Waals surface area (Å²) < 4.78 is 5.28. The minimum absolute atomic E-state index is 0.0303. The Kier molecular flexibility index (Phi) is 9.26. The van der Waals surface area contributed by atoms with Crippen molar-refractivity contribution in [2.75, 3.05) is 46.4 Å². The van der Waals surface area contributed by atoms with Gasteiger partial charge in [-0.15, -0.1) is 11.3 Å². The van der Waals surface area contributed by atoms with Gasteiger partial charge in [0.05, 0.1) is 18.6 Å². The lowest BCUT2D eigenvalue weighted by Crippen LogP contribution is -2.49. The summed E-state index contributed by atoms with van der Waals surface area (Å²) in [5, 5.41) is 5.17. The van der Waals surface area contributed by atoms with Crippen molar-refractivity contribution in [2.24, 2.45) is 0 Å². The summed E-state index contributed by atoms with van der Waals surface area (Å²) in [6.07, 6.45) is 2.32. The molecule has 7 heteroatoms. The Morgan fingerprint density at radius 1 is 1.19 bits per heavy atom. The zero-order valence-electron chi connectivity index (χ0n) is 19.4. The largest absolute Gasteiger partial charge is 0.383 e. The number of ether oxygens (including phenoxy) is 1. The Labute approximate surface area is 195 Å². The molecule has 6 nitrogen and oxygen atoms in total. The third-order valence-electron chi connectivity index (χ3n) is 6.09. The maximum Gasteiger partial charge on any atom is 0.254 e. The quantitative estimate of drug-likeness (QED) is 0.525. The molecule has 2 aromatic rings. The number of fused-ring (bicyclic) bond motifs is 1. The predicted octanol–water partition coefficient (Wildman–Crippen LogP) is 3.91. The van der Waals surface area contributed by atoms with E-state index in [-0.39, 0.29) is 17.9 Å². The van der Waals surface area contributed by atoms with Crippen molar-refractivity contribution in [3.05, 3.63) is 57.8 Å². The molecule has 0 saturated heterocycles. The second-order valence-electron chi connectivity index (χ2n) is 8.10. The molecule has 0 fully saturated rings. The number of nitrogens with zero attached hydrogens (tertiary/aromatic N) is 2. The highest BCUT2D eigenvalue weighted by molar-refractivity contribution is 7.10. The number of rotatable bonds is 12. The number of carbonyl (C=O) groups is 2. The molecular formula is C25H35N3O3S. The number of amides is 2. The van der Waals surface area contributed by atoms with Crippen molar-refractivity contribution in [2.45, 2.75) is 38.6 Å². The van der Waals surface area contributed by atoms with Gasteiger partial charge in [0.1, 0.15) is 0 Å². The first-order valence-corrected chi connectivity index (χ1v) is 12.4. The fourth-order valence-electron chi connectivity index (χ4n) is 4.34. The van der Waals surface area contributed by atoms with Crippen molar-refractivity contribution < 1.29 is 14.3 Å². The number of methoxy groups -OCH3 is 1. The van der Waals surface area contributed by atoms with Gasteiger partial charge in [-0.3, -0.25) is 9.59 Å². The average Bonchev–Trinajstić information content (AvgIpc) is 3.35. The Hall–Kier alpha value is -2.22. The van der Waals surface area contributed by atoms with Gasteiger partial charge in [-0.05, 0) is 42.6 Å². The first-order valence-electron chi connectivity index (χ1n) is 11.5. The molecule has 0 spiro atoms. The molecule has 2 atom stereocenters. The van der Waals surface area contributed by atoms with Gasteiger partial charge in [-0.1, -0.05) is 44.5 Å². The molecule has 32 heavy (non-hydrogen) atoms. The summed E-state index contributed by atoms with van der Waals surface area (Å²) >= 11 is 1.58. The number of hydrogen-bond acceptors (Lipinski definition) is 5. The van der Waals surface area contributed by atoms with E-state index in [1.807, 2.05) is 46.7 Å². The van der Waals surface area contributed by atoms with E-state index in [1.54, 1.807) is 18.4 Å². The SMILES string of the molecule is CCCCN(CC)CCNC(=O)[C@H]1c2ccccc2C(=O)N(CCOC)[C@@H]1c1cccs1. The van der Waals surface area contributed by atoms with Crippen LogP contribution in [0.15, 0.2) is 41.8 Å². The lowest BCUT2D eigenvalue weighted by atomic mass is 9.81. The Bertz CT molecular complexity index is 871. The highest BCUT2D eigenvalue weighted by Gasteiger charge is 2.44. The number of thiophene rings is 1. The van der Waals surface area contributed by atoms with Crippen LogP contribution in [0.4, 0.5) is 0 Å². The zero-order valence-corrected chi connectivity index (χ0v) is 20.2. The van der Waals surface area contributed by atoms with E-state index in [0.29, 0.717) is 25.3 Å². The smallest absolute Gasteiger partial charge is 0.254 e. The number of benzene rings is 1. The lowest BCUT2D eigenvalue weighted by molar-refractivity contribution is -0.124. The number of hydrogen-bond donors (Lipinski definition) is 1. The standard InChI is InChI=1S/C25H35N3O3S/c1-4-6-14-27(5-2)15-13-26-24(29)22-19-10-7-8-11-20(19)25(30)28(16-17-31-3)23(22)21-12-9-18-32-21/h7-12,18,22-23H,4-6,13-17H2,1-3H3,(H,26,29)/t22-,23+/m0/s1. The summed E-state index contributed by atoms with van der Waals surface area (Å²) in [4.78, 5) is 32.1. The van der Waals surface area contributed by atoms with Crippen LogP contribution in [0.1, 0.15) is 59.4 Å². The summed E-state index contributed by atoms with van der Waals surface area (Å²) in [7, 11) is 1.63. The summed E-state index contributed by atoms with van der Waals surface area (Å²) in [5.41, 5.74) is 1.41. The monoisotopic (exact) mass is 457 g/mol. The van der Waals surface area contributed by atoms with Crippen LogP contribution < -0.4 is 5.32 Å². The van der Waals surface area contributed by atoms with Crippen LogP contribution in [0, 0.1) is 0 Å². The molecular weight excluding hydrogens is 422 g/mol. The fraction of sp³-hybridized carbons (Fsp3) is 0.520. The van der Waals surface area contributed by atoms with E-state index in [2.05, 4.69) is 24.1 Å². The van der Waals surface area contributed by atoms with E-state index in [1.165, 1.54) is 0 Å². The molecule has 0 bridgehead atoms. The summed E-state index contributed by atoms with van der Waals surface area (Å²) in [6.45, 7) is 8.65. The maximum atomic E-state index is 13.6. The molecule has 0 radical (unpaired) electrons. The predicted molar refractivity (Wildman–Crippen MR) is 129 cm³/mol. The molecule has 174 valence electrons. The normalized spacial score (nSPS) is 18.1. The molecule has 0 aliphatic carbocycles. The first-order chi connectivity index (χ1) is 15.6. The van der Waals surface area contributed by atoms with Crippen molar-refractivity contribution in [1.29, 1.82) is 0 Å². The Balaban J connectivity index is 1.87. The highest BCUT2D eigenvalue weighted by atomic mass is 32.1. The van der Waals surface area contributed by atoms with Crippen molar-refractivity contribution >= 4 is 23.2 Å². The first kappa shape index (κ1) is 24.4. The van der Waals surface area contributed by atoms with Gasteiger partial charge < -0.3 is 19.9 Å². The number of unbranched alkanes of at least 4 members (excludes halogenated alkanes) is 1. The van der Waals surface area contributed by atoms with Crippen molar-refractivity contribution in [3.63, 3.8) is 0 Å². The molecule has 1 aliphatic heterocycles. The maximum absolute atomic E-state index is 13.6. The van der Waals surface area contributed by atoms with Crippen LogP contribution in [-0.4, -0.2) is 68.1 Å². The van der Waals surface area contributed by atoms with E-state index < -0.39 is 5.92 Å². The molecule has 3 rings (SSSR count). The second-order valence-corrected chi connectivity index (χ2v) is 9.07. The highest BCUT2D eigenvalue weighted by Crippen LogP contribution is 2.44. The van der Waals surface area contributed by atoms with Gasteiger partial charge in [0.15, 0.2) is 0 Å². The number of likely N-dealkylation sites (N-methyl/N-ethyl adjacent to an activating group) is 1. The minimum Gasteiger partial charge on any atom is -0.383 e. The van der Waals surface area contributed by atoms with Gasteiger partial charge in [0.25, 0.3) is 5.91 Å². The number of nitrogens with one attached hydrogen (secondary N) is 1. The van der Waals surface area contributed by atoms with Gasteiger partial charge in [-0.25, -0.2) is 0 Å².